The largest absolute Gasteiger partial charge is 0.394 e. The van der Waals surface area contributed by atoms with Crippen molar-refractivity contribution >= 4 is 0 Å². The lowest BCUT2D eigenvalue weighted by molar-refractivity contribution is 0.0759. The number of rotatable bonds is 2. The van der Waals surface area contributed by atoms with Crippen LogP contribution in [0.1, 0.15) is 32.1 Å². The molecule has 0 amide bonds. The molecule has 2 fully saturated rings. The molecular weight excluding hydrogens is 204 g/mol. The molecule has 2 rings (SSSR count). The zero-order valence-electron chi connectivity index (χ0n) is 10.0. The monoisotopic (exact) mass is 228 g/mol. The zero-order valence-corrected chi connectivity index (χ0v) is 10.0. The van der Waals surface area contributed by atoms with Gasteiger partial charge in [0.05, 0.1) is 13.2 Å². The number of aliphatic hydroxyl groups excluding tert-OH is 1. The van der Waals surface area contributed by atoms with Crippen molar-refractivity contribution in [1.29, 1.82) is 0 Å². The van der Waals surface area contributed by atoms with Gasteiger partial charge >= 0.3 is 0 Å². The highest BCUT2D eigenvalue weighted by Crippen LogP contribution is 2.29. The van der Waals surface area contributed by atoms with Crippen LogP contribution in [0, 0.1) is 0 Å². The maximum atomic E-state index is 9.35. The van der Waals surface area contributed by atoms with Gasteiger partial charge in [0.2, 0.25) is 0 Å². The summed E-state index contributed by atoms with van der Waals surface area (Å²) in [5.41, 5.74) is 5.85. The van der Waals surface area contributed by atoms with Crippen LogP contribution in [0.4, 0.5) is 0 Å². The summed E-state index contributed by atoms with van der Waals surface area (Å²) in [5.74, 6) is 0. The number of nitrogens with zero attached hydrogens (tertiary/aromatic N) is 1. The molecule has 0 spiro atoms. The van der Waals surface area contributed by atoms with E-state index >= 15 is 0 Å². The zero-order chi connectivity index (χ0) is 11.4. The molecule has 3 N–H and O–H groups in total. The molecule has 0 bridgehead atoms. The minimum Gasteiger partial charge on any atom is -0.394 e. The molecule has 1 aliphatic heterocycles. The molecule has 0 aromatic carbocycles. The topological polar surface area (TPSA) is 58.7 Å². The average Bonchev–Trinajstić information content (AvgIpc) is 2.58. The van der Waals surface area contributed by atoms with E-state index in [0.29, 0.717) is 6.04 Å². The fraction of sp³-hybridized carbons (Fsp3) is 1.00. The van der Waals surface area contributed by atoms with Crippen LogP contribution in [0.15, 0.2) is 0 Å². The van der Waals surface area contributed by atoms with E-state index < -0.39 is 0 Å². The number of aliphatic hydroxyl groups is 1. The van der Waals surface area contributed by atoms with Gasteiger partial charge in [0, 0.05) is 31.3 Å². The van der Waals surface area contributed by atoms with Crippen molar-refractivity contribution in [3.63, 3.8) is 0 Å². The van der Waals surface area contributed by atoms with Gasteiger partial charge in [-0.2, -0.15) is 0 Å². The van der Waals surface area contributed by atoms with Crippen LogP contribution in [0.25, 0.3) is 0 Å². The summed E-state index contributed by atoms with van der Waals surface area (Å²) in [6, 6.07) is 0.549. The van der Waals surface area contributed by atoms with Crippen molar-refractivity contribution in [3.05, 3.63) is 0 Å². The van der Waals surface area contributed by atoms with Gasteiger partial charge in [-0.15, -0.1) is 0 Å². The molecule has 1 saturated carbocycles. The highest BCUT2D eigenvalue weighted by molar-refractivity contribution is 4.94. The van der Waals surface area contributed by atoms with E-state index in [-0.39, 0.29) is 12.1 Å². The van der Waals surface area contributed by atoms with Gasteiger partial charge in [-0.25, -0.2) is 0 Å². The lowest BCUT2D eigenvalue weighted by Crippen LogP contribution is -2.53. The molecule has 2 atom stereocenters. The first-order valence-electron chi connectivity index (χ1n) is 6.45. The average molecular weight is 228 g/mol. The van der Waals surface area contributed by atoms with Crippen molar-refractivity contribution in [2.24, 2.45) is 5.73 Å². The molecule has 0 aromatic heterocycles. The molecule has 0 aromatic rings. The van der Waals surface area contributed by atoms with Crippen molar-refractivity contribution in [2.45, 2.75) is 43.7 Å². The number of ether oxygens (including phenoxy) is 1. The molecule has 4 heteroatoms. The van der Waals surface area contributed by atoms with Gasteiger partial charge in [0.25, 0.3) is 0 Å². The first-order chi connectivity index (χ1) is 7.73. The summed E-state index contributed by atoms with van der Waals surface area (Å²) in [4.78, 5) is 2.50. The highest BCUT2D eigenvalue weighted by Gasteiger charge is 2.34. The molecule has 94 valence electrons. The maximum Gasteiger partial charge on any atom is 0.0611 e. The Kier molecular flexibility index (Phi) is 4.19. The van der Waals surface area contributed by atoms with Gasteiger partial charge in [0.15, 0.2) is 0 Å². The summed E-state index contributed by atoms with van der Waals surface area (Å²) in [7, 11) is 0. The van der Waals surface area contributed by atoms with Gasteiger partial charge in [-0.3, -0.25) is 4.90 Å². The predicted molar refractivity (Wildman–Crippen MR) is 63.3 cm³/mol. The molecule has 0 radical (unpaired) electrons. The van der Waals surface area contributed by atoms with Crippen molar-refractivity contribution in [2.75, 3.05) is 32.9 Å². The Morgan fingerprint density at radius 3 is 3.00 bits per heavy atom. The third kappa shape index (κ3) is 2.94. The van der Waals surface area contributed by atoms with Crippen molar-refractivity contribution in [3.8, 4) is 0 Å². The summed E-state index contributed by atoms with van der Waals surface area (Å²) in [6.07, 6.45) is 5.37. The van der Waals surface area contributed by atoms with E-state index in [0.717, 1.165) is 52.0 Å². The molecule has 2 aliphatic rings. The first kappa shape index (κ1) is 12.3. The van der Waals surface area contributed by atoms with E-state index in [1.54, 1.807) is 0 Å². The second-order valence-corrected chi connectivity index (χ2v) is 5.27. The van der Waals surface area contributed by atoms with E-state index in [1.165, 1.54) is 6.42 Å². The van der Waals surface area contributed by atoms with E-state index in [9.17, 15) is 5.11 Å². The number of hydrogen-bond acceptors (Lipinski definition) is 4. The Morgan fingerprint density at radius 1 is 1.31 bits per heavy atom. The van der Waals surface area contributed by atoms with Crippen LogP contribution < -0.4 is 5.73 Å². The van der Waals surface area contributed by atoms with Crippen LogP contribution in [0.5, 0.6) is 0 Å². The smallest absolute Gasteiger partial charge is 0.0611 e. The quantitative estimate of drug-likeness (QED) is 0.715. The molecule has 1 aliphatic carbocycles. The van der Waals surface area contributed by atoms with Crippen molar-refractivity contribution < 1.29 is 9.84 Å². The lowest BCUT2D eigenvalue weighted by Gasteiger charge is -2.41. The van der Waals surface area contributed by atoms with Crippen LogP contribution in [0.3, 0.4) is 0 Å². The summed E-state index contributed by atoms with van der Waals surface area (Å²) in [5, 5.41) is 9.35. The Balaban J connectivity index is 1.92. The number of nitrogens with two attached hydrogens (primary N) is 1. The molecule has 1 heterocycles. The fourth-order valence-corrected chi connectivity index (χ4v) is 2.95. The maximum absolute atomic E-state index is 9.35. The lowest BCUT2D eigenvalue weighted by atomic mass is 9.79. The van der Waals surface area contributed by atoms with E-state index in [1.807, 2.05) is 0 Å². The van der Waals surface area contributed by atoms with Crippen LogP contribution in [-0.2, 0) is 4.74 Å². The molecular formula is C12H24N2O2. The second kappa shape index (κ2) is 5.45. The van der Waals surface area contributed by atoms with Gasteiger partial charge < -0.3 is 15.6 Å². The highest BCUT2D eigenvalue weighted by atomic mass is 16.5. The van der Waals surface area contributed by atoms with Gasteiger partial charge in [-0.05, 0) is 32.1 Å². The Morgan fingerprint density at radius 2 is 2.19 bits per heavy atom. The fourth-order valence-electron chi connectivity index (χ4n) is 2.95. The molecule has 4 nitrogen and oxygen atoms in total. The molecule has 16 heavy (non-hydrogen) atoms. The Hall–Kier alpha value is -0.160. The van der Waals surface area contributed by atoms with Gasteiger partial charge in [0.1, 0.15) is 0 Å². The standard InChI is InChI=1S/C12H24N2O2/c13-12(10-15)4-1-3-11(9-12)14-5-2-7-16-8-6-14/h11,15H,1-10,13H2. The van der Waals surface area contributed by atoms with E-state index in [4.69, 9.17) is 10.5 Å². The van der Waals surface area contributed by atoms with E-state index in [2.05, 4.69) is 4.90 Å². The molecule has 2 unspecified atom stereocenters. The third-order valence-corrected chi connectivity index (χ3v) is 3.94. The Labute approximate surface area is 97.7 Å². The van der Waals surface area contributed by atoms with Crippen LogP contribution in [-0.4, -0.2) is 54.5 Å². The minimum absolute atomic E-state index is 0.119. The molecule has 1 saturated heterocycles. The third-order valence-electron chi connectivity index (χ3n) is 3.94. The van der Waals surface area contributed by atoms with Crippen LogP contribution >= 0.6 is 0 Å². The van der Waals surface area contributed by atoms with Gasteiger partial charge in [-0.1, -0.05) is 0 Å². The SMILES string of the molecule is NC1(CO)CCCC(N2CCCOCC2)C1. The van der Waals surface area contributed by atoms with Crippen molar-refractivity contribution in [1.82, 2.24) is 4.90 Å². The normalized spacial score (nSPS) is 38.2. The second-order valence-electron chi connectivity index (χ2n) is 5.27. The predicted octanol–water partition coefficient (Wildman–Crippen LogP) is 0.341. The Bertz CT molecular complexity index is 217. The number of hydrogen-bond donors (Lipinski definition) is 2. The summed E-state index contributed by atoms with van der Waals surface area (Å²) in [6.45, 7) is 3.98. The first-order valence-corrected chi connectivity index (χ1v) is 6.45. The van der Waals surface area contributed by atoms with Crippen LogP contribution in [0.2, 0.25) is 0 Å². The summed E-state index contributed by atoms with van der Waals surface area (Å²) >= 11 is 0. The summed E-state index contributed by atoms with van der Waals surface area (Å²) < 4.78 is 5.47. The minimum atomic E-state index is -0.337.